The highest BCUT2D eigenvalue weighted by molar-refractivity contribution is 7.13. The van der Waals surface area contributed by atoms with E-state index < -0.39 is 0 Å². The summed E-state index contributed by atoms with van der Waals surface area (Å²) in [7, 11) is 0. The highest BCUT2D eigenvalue weighted by Crippen LogP contribution is 2.25. The molecular formula is C22H24N2O4S. The van der Waals surface area contributed by atoms with Gasteiger partial charge in [0.25, 0.3) is 0 Å². The number of carbonyl (C=O) groups excluding carboxylic acids is 1. The number of benzene rings is 1. The topological polar surface area (TPSA) is 73.6 Å². The lowest BCUT2D eigenvalue weighted by molar-refractivity contribution is -0.120. The number of aryl methyl sites for hydroxylation is 1. The normalized spacial score (nSPS) is 16.1. The number of ether oxygens (including phenoxy) is 2. The van der Waals surface area contributed by atoms with Gasteiger partial charge in [0.15, 0.2) is 10.8 Å². The molecule has 152 valence electrons. The zero-order valence-corrected chi connectivity index (χ0v) is 17.2. The molecule has 0 aliphatic carbocycles. The summed E-state index contributed by atoms with van der Waals surface area (Å²) in [6.07, 6.45) is 2.62. The molecule has 2 aromatic heterocycles. The van der Waals surface area contributed by atoms with E-state index in [0.717, 1.165) is 53.0 Å². The number of carbonyl (C=O) groups is 1. The zero-order valence-electron chi connectivity index (χ0n) is 16.3. The van der Waals surface area contributed by atoms with Crippen LogP contribution in [0.5, 0.6) is 5.75 Å². The number of nitrogens with one attached hydrogen (secondary N) is 1. The van der Waals surface area contributed by atoms with E-state index in [1.54, 1.807) is 0 Å². The van der Waals surface area contributed by atoms with E-state index in [1.807, 2.05) is 48.7 Å². The lowest BCUT2D eigenvalue weighted by Crippen LogP contribution is -2.24. The van der Waals surface area contributed by atoms with E-state index >= 15 is 0 Å². The van der Waals surface area contributed by atoms with Crippen molar-refractivity contribution in [3.8, 4) is 16.5 Å². The molecule has 1 aromatic carbocycles. The fourth-order valence-corrected chi connectivity index (χ4v) is 3.93. The average molecular weight is 413 g/mol. The van der Waals surface area contributed by atoms with Gasteiger partial charge in [0.1, 0.15) is 18.1 Å². The summed E-state index contributed by atoms with van der Waals surface area (Å²) < 4.78 is 16.9. The second-order valence-corrected chi connectivity index (χ2v) is 7.96. The minimum absolute atomic E-state index is 0.0591. The molecule has 1 saturated heterocycles. The number of nitrogens with zero attached hydrogens (tertiary/aromatic N) is 1. The van der Waals surface area contributed by atoms with Crippen molar-refractivity contribution in [2.24, 2.45) is 0 Å². The quantitative estimate of drug-likeness (QED) is 0.602. The van der Waals surface area contributed by atoms with Crippen LogP contribution in [-0.4, -0.2) is 30.2 Å². The van der Waals surface area contributed by atoms with Crippen LogP contribution in [0.1, 0.15) is 29.9 Å². The van der Waals surface area contributed by atoms with Crippen LogP contribution in [0, 0.1) is 6.92 Å². The minimum atomic E-state index is -0.0591. The predicted octanol–water partition coefficient (Wildman–Crippen LogP) is 4.13. The number of thiazole rings is 1. The lowest BCUT2D eigenvalue weighted by Gasteiger charge is -2.12. The Morgan fingerprint density at radius 2 is 2.14 bits per heavy atom. The van der Waals surface area contributed by atoms with Crippen molar-refractivity contribution in [3.63, 3.8) is 0 Å². The third-order valence-corrected chi connectivity index (χ3v) is 5.62. The van der Waals surface area contributed by atoms with Gasteiger partial charge in [0, 0.05) is 18.5 Å². The molecule has 3 heterocycles. The van der Waals surface area contributed by atoms with Crippen molar-refractivity contribution in [1.29, 1.82) is 0 Å². The fourth-order valence-electron chi connectivity index (χ4n) is 3.15. The van der Waals surface area contributed by atoms with Gasteiger partial charge in [-0.25, -0.2) is 4.98 Å². The summed E-state index contributed by atoms with van der Waals surface area (Å²) in [6, 6.07) is 11.6. The first-order valence-electron chi connectivity index (χ1n) is 9.77. The van der Waals surface area contributed by atoms with Crippen LogP contribution in [0.15, 0.2) is 46.2 Å². The Morgan fingerprint density at radius 1 is 1.28 bits per heavy atom. The van der Waals surface area contributed by atoms with Crippen LogP contribution in [0.2, 0.25) is 0 Å². The molecule has 1 atom stereocenters. The molecule has 1 fully saturated rings. The van der Waals surface area contributed by atoms with Crippen LogP contribution in [0.25, 0.3) is 10.8 Å². The highest BCUT2D eigenvalue weighted by atomic mass is 32.1. The van der Waals surface area contributed by atoms with Crippen molar-refractivity contribution in [3.05, 3.63) is 58.8 Å². The highest BCUT2D eigenvalue weighted by Gasteiger charge is 2.16. The Labute approximate surface area is 173 Å². The van der Waals surface area contributed by atoms with Crippen molar-refractivity contribution in [1.82, 2.24) is 10.3 Å². The van der Waals surface area contributed by atoms with E-state index in [-0.39, 0.29) is 18.4 Å². The van der Waals surface area contributed by atoms with Crippen molar-refractivity contribution in [2.75, 3.05) is 13.2 Å². The molecule has 29 heavy (non-hydrogen) atoms. The summed E-state index contributed by atoms with van der Waals surface area (Å²) in [4.78, 5) is 16.7. The van der Waals surface area contributed by atoms with E-state index in [1.165, 1.54) is 11.3 Å². The molecule has 1 unspecified atom stereocenters. The van der Waals surface area contributed by atoms with Crippen LogP contribution in [-0.2, 0) is 22.5 Å². The maximum absolute atomic E-state index is 12.2. The Bertz CT molecular complexity index is 942. The van der Waals surface area contributed by atoms with Gasteiger partial charge in [-0.05, 0) is 49.6 Å². The van der Waals surface area contributed by atoms with Crippen molar-refractivity contribution < 1.29 is 18.7 Å². The third kappa shape index (κ3) is 5.46. The molecule has 0 bridgehead atoms. The van der Waals surface area contributed by atoms with Crippen LogP contribution >= 0.6 is 11.3 Å². The summed E-state index contributed by atoms with van der Waals surface area (Å²) >= 11 is 1.48. The third-order valence-electron chi connectivity index (χ3n) is 4.72. The Balaban J connectivity index is 1.22. The number of aromatic nitrogens is 1. The molecular weight excluding hydrogens is 388 g/mol. The monoisotopic (exact) mass is 412 g/mol. The molecule has 1 N–H and O–H groups in total. The number of amides is 1. The first-order valence-corrected chi connectivity index (χ1v) is 10.6. The summed E-state index contributed by atoms with van der Waals surface area (Å²) in [5, 5.41) is 5.63. The first-order chi connectivity index (χ1) is 14.2. The predicted molar refractivity (Wildman–Crippen MR) is 111 cm³/mol. The van der Waals surface area contributed by atoms with Crippen LogP contribution in [0.3, 0.4) is 0 Å². The molecule has 0 radical (unpaired) electrons. The Hall–Kier alpha value is -2.64. The second-order valence-electron chi connectivity index (χ2n) is 7.10. The van der Waals surface area contributed by atoms with Gasteiger partial charge in [-0.2, -0.15) is 0 Å². The first kappa shape index (κ1) is 19.7. The molecule has 1 amide bonds. The van der Waals surface area contributed by atoms with Gasteiger partial charge >= 0.3 is 0 Å². The van der Waals surface area contributed by atoms with Gasteiger partial charge in [-0.15, -0.1) is 11.3 Å². The molecule has 0 saturated carbocycles. The van der Waals surface area contributed by atoms with Gasteiger partial charge in [0.2, 0.25) is 5.91 Å². The Kier molecular flexibility index (Phi) is 6.27. The molecule has 1 aliphatic heterocycles. The van der Waals surface area contributed by atoms with E-state index in [2.05, 4.69) is 10.3 Å². The number of hydrogen-bond donors (Lipinski definition) is 1. The van der Waals surface area contributed by atoms with Gasteiger partial charge in [0.05, 0.1) is 18.2 Å². The number of furan rings is 1. The summed E-state index contributed by atoms with van der Waals surface area (Å²) in [5.41, 5.74) is 1.77. The maximum Gasteiger partial charge on any atom is 0.226 e. The zero-order chi connectivity index (χ0) is 20.1. The van der Waals surface area contributed by atoms with E-state index in [9.17, 15) is 4.79 Å². The van der Waals surface area contributed by atoms with E-state index in [4.69, 9.17) is 13.9 Å². The fraction of sp³-hybridized carbons (Fsp3) is 0.364. The summed E-state index contributed by atoms with van der Waals surface area (Å²) in [5.74, 6) is 2.34. The molecule has 4 rings (SSSR count). The smallest absolute Gasteiger partial charge is 0.226 e. The SMILES string of the molecule is Cc1ccc(-c2nc(CC(=O)NCc3ccc(OCC4CCCO4)cc3)cs2)o1. The summed E-state index contributed by atoms with van der Waals surface area (Å²) in [6.45, 7) is 3.79. The molecule has 7 heteroatoms. The number of hydrogen-bond acceptors (Lipinski definition) is 6. The van der Waals surface area contributed by atoms with Crippen molar-refractivity contribution >= 4 is 17.2 Å². The van der Waals surface area contributed by atoms with E-state index in [0.29, 0.717) is 13.2 Å². The molecule has 1 aliphatic rings. The second kappa shape index (κ2) is 9.24. The standard InChI is InChI=1S/C22H24N2O4S/c1-15-4-9-20(28-15)22-24-17(14-29-22)11-21(25)23-12-16-5-7-18(8-6-16)27-13-19-3-2-10-26-19/h4-9,14,19H,2-3,10-13H2,1H3,(H,23,25). The van der Waals surface area contributed by atoms with Crippen LogP contribution < -0.4 is 10.1 Å². The minimum Gasteiger partial charge on any atom is -0.491 e. The maximum atomic E-state index is 12.2. The Morgan fingerprint density at radius 3 is 2.86 bits per heavy atom. The lowest BCUT2D eigenvalue weighted by atomic mass is 10.2. The van der Waals surface area contributed by atoms with Gasteiger partial charge in [-0.3, -0.25) is 4.79 Å². The van der Waals surface area contributed by atoms with Crippen LogP contribution in [0.4, 0.5) is 0 Å². The number of rotatable bonds is 8. The average Bonchev–Trinajstić information content (AvgIpc) is 3.48. The molecule has 0 spiro atoms. The molecule has 6 nitrogen and oxygen atoms in total. The molecule has 3 aromatic rings. The largest absolute Gasteiger partial charge is 0.491 e. The van der Waals surface area contributed by atoms with Gasteiger partial charge in [-0.1, -0.05) is 12.1 Å². The van der Waals surface area contributed by atoms with Gasteiger partial charge < -0.3 is 19.2 Å². The van der Waals surface area contributed by atoms with Crippen molar-refractivity contribution in [2.45, 2.75) is 38.8 Å².